The third kappa shape index (κ3) is 5.59. The third-order valence-corrected chi connectivity index (χ3v) is 9.42. The van der Waals surface area contributed by atoms with Crippen LogP contribution >= 0.6 is 0 Å². The van der Waals surface area contributed by atoms with Crippen LogP contribution in [0.15, 0.2) is 146 Å². The van der Waals surface area contributed by atoms with E-state index in [1.54, 1.807) is 0 Å². The first kappa shape index (κ1) is 32.6. The first-order valence-corrected chi connectivity index (χ1v) is 16.4. The molecule has 2 heterocycles. The van der Waals surface area contributed by atoms with Crippen molar-refractivity contribution in [3.05, 3.63) is 193 Å². The van der Waals surface area contributed by atoms with E-state index < -0.39 is 5.41 Å². The van der Waals surface area contributed by atoms with Crippen molar-refractivity contribution in [1.82, 2.24) is 9.88 Å². The van der Waals surface area contributed by atoms with Gasteiger partial charge >= 0.3 is 0 Å². The van der Waals surface area contributed by atoms with Crippen LogP contribution < -0.4 is 9.80 Å². The van der Waals surface area contributed by atoms with Gasteiger partial charge in [0.1, 0.15) is 5.82 Å². The maximum atomic E-state index is 5.71. The van der Waals surface area contributed by atoms with E-state index in [2.05, 4.69) is 164 Å². The fraction of sp³-hybridized carbons (Fsp3) is 0.136. The largest absolute Gasteiger partial charge is 0.510 e. The number of pyridine rings is 1. The Morgan fingerprint density at radius 3 is 2.04 bits per heavy atom. The first-order chi connectivity index (χ1) is 23.3. The van der Waals surface area contributed by atoms with Gasteiger partial charge in [-0.2, -0.15) is 43.1 Å². The van der Waals surface area contributed by atoms with Crippen molar-refractivity contribution in [3.63, 3.8) is 0 Å². The van der Waals surface area contributed by atoms with Crippen LogP contribution in [0.2, 0.25) is 0 Å². The normalized spacial score (nSPS) is 14.3. The molecular weight excluding hydrogens is 780 g/mol. The van der Waals surface area contributed by atoms with Crippen molar-refractivity contribution < 1.29 is 21.1 Å². The average Bonchev–Trinajstić information content (AvgIpc) is 3.69. The number of anilines is 4. The Balaban J connectivity index is 0.00000378. The zero-order valence-electron chi connectivity index (χ0n) is 28.0. The maximum Gasteiger partial charge on any atom is 0.136 e. The van der Waals surface area contributed by atoms with Crippen molar-refractivity contribution in [2.24, 2.45) is 0 Å². The average molecular weight is 817 g/mol. The summed E-state index contributed by atoms with van der Waals surface area (Å²) in [7, 11) is 2.03. The second kappa shape index (κ2) is 12.8. The second-order valence-electron chi connectivity index (χ2n) is 13.5. The van der Waals surface area contributed by atoms with Crippen LogP contribution in [0.4, 0.5) is 22.9 Å². The Kier molecular flexibility index (Phi) is 8.55. The molecule has 0 saturated heterocycles. The molecular formula is C44H37N4Pt-3. The topological polar surface area (TPSA) is 22.6 Å². The van der Waals surface area contributed by atoms with Gasteiger partial charge in [0.2, 0.25) is 0 Å². The molecule has 0 amide bonds. The van der Waals surface area contributed by atoms with Crippen LogP contribution in [0.1, 0.15) is 48.7 Å². The van der Waals surface area contributed by atoms with Crippen LogP contribution in [0.25, 0.3) is 11.1 Å². The van der Waals surface area contributed by atoms with Gasteiger partial charge in [-0.05, 0) is 76.9 Å². The van der Waals surface area contributed by atoms with Crippen LogP contribution in [0.5, 0.6) is 0 Å². The summed E-state index contributed by atoms with van der Waals surface area (Å²) in [6.45, 7) is 8.88. The smallest absolute Gasteiger partial charge is 0.136 e. The minimum atomic E-state index is -0.668. The van der Waals surface area contributed by atoms with E-state index in [9.17, 15) is 0 Å². The predicted octanol–water partition coefficient (Wildman–Crippen LogP) is 10.2. The quantitative estimate of drug-likeness (QED) is 0.156. The van der Waals surface area contributed by atoms with Gasteiger partial charge in [-0.15, -0.1) is 29.4 Å². The van der Waals surface area contributed by atoms with E-state index in [0.717, 1.165) is 34.1 Å². The standard InChI is InChI=1S/C44H37N4.Pt/c1-43(2,3)33-28-41(44(32-16-7-5-8-17-32)39-24-13-11-22-37(39)38-23-12-14-25-40(38)44)45-42(29-33)48(34-18-9-6-10-19-34)36-21-15-20-35(30-36)47-27-26-46(4)31-47;/h5-16,18-29,31H,1-4H3;/q-3;. The SMILES string of the molecule is CN1C=CN(c2[c-]c(N(c3ccccc3)c3cc(C(C)(C)C)cc(C4(c5[c-]cccc5)c5ccccc5-c5ccccc54)n3)ccc2)[CH-]1.[Pt]. The van der Waals surface area contributed by atoms with Gasteiger partial charge in [0.05, 0.1) is 11.1 Å². The monoisotopic (exact) mass is 816 g/mol. The first-order valence-electron chi connectivity index (χ1n) is 16.4. The fourth-order valence-electron chi connectivity index (χ4n) is 7.11. The molecule has 0 radical (unpaired) electrons. The Morgan fingerprint density at radius 1 is 0.735 bits per heavy atom. The molecule has 0 bridgehead atoms. The molecule has 5 heteroatoms. The molecule has 1 aromatic heterocycles. The third-order valence-electron chi connectivity index (χ3n) is 9.42. The summed E-state index contributed by atoms with van der Waals surface area (Å²) in [5.41, 5.74) is 10.2. The molecule has 6 aromatic rings. The molecule has 49 heavy (non-hydrogen) atoms. The zero-order valence-corrected chi connectivity index (χ0v) is 30.3. The van der Waals surface area contributed by atoms with Crippen LogP contribution in [0.3, 0.4) is 0 Å². The zero-order chi connectivity index (χ0) is 32.9. The predicted molar refractivity (Wildman–Crippen MR) is 196 cm³/mol. The van der Waals surface area contributed by atoms with E-state index in [1.165, 1.54) is 27.8 Å². The molecule has 0 saturated carbocycles. The van der Waals surface area contributed by atoms with Crippen molar-refractivity contribution in [3.8, 4) is 11.1 Å². The molecule has 246 valence electrons. The molecule has 5 aromatic carbocycles. The van der Waals surface area contributed by atoms with Crippen LogP contribution in [0, 0.1) is 18.8 Å². The van der Waals surface area contributed by atoms with Crippen molar-refractivity contribution in [2.45, 2.75) is 31.6 Å². The Bertz CT molecular complexity index is 2090. The van der Waals surface area contributed by atoms with Gasteiger partial charge in [-0.25, -0.2) is 4.98 Å². The van der Waals surface area contributed by atoms with Gasteiger partial charge in [0.25, 0.3) is 0 Å². The number of aromatic nitrogens is 1. The van der Waals surface area contributed by atoms with E-state index in [1.807, 2.05) is 43.1 Å². The van der Waals surface area contributed by atoms with Gasteiger partial charge < -0.3 is 14.7 Å². The minimum absolute atomic E-state index is 0. The molecule has 0 unspecified atom stereocenters. The number of para-hydroxylation sites is 1. The molecule has 1 aliphatic heterocycles. The Morgan fingerprint density at radius 2 is 1.41 bits per heavy atom. The summed E-state index contributed by atoms with van der Waals surface area (Å²) in [5.74, 6) is 0.840. The molecule has 1 aliphatic carbocycles. The van der Waals surface area contributed by atoms with E-state index >= 15 is 0 Å². The number of hydrogen-bond acceptors (Lipinski definition) is 4. The molecule has 0 fully saturated rings. The molecule has 2 aliphatic rings. The second-order valence-corrected chi connectivity index (χ2v) is 13.5. The molecule has 8 rings (SSSR count). The van der Waals surface area contributed by atoms with Crippen molar-refractivity contribution in [1.29, 1.82) is 0 Å². The van der Waals surface area contributed by atoms with Crippen molar-refractivity contribution >= 4 is 22.9 Å². The number of benzene rings is 5. The van der Waals surface area contributed by atoms with Gasteiger partial charge in [-0.3, -0.25) is 0 Å². The van der Waals surface area contributed by atoms with E-state index in [4.69, 9.17) is 4.98 Å². The summed E-state index contributed by atoms with van der Waals surface area (Å²) < 4.78 is 0. The molecule has 0 spiro atoms. The molecule has 0 N–H and O–H groups in total. The van der Waals surface area contributed by atoms with Crippen molar-refractivity contribution in [2.75, 3.05) is 16.8 Å². The van der Waals surface area contributed by atoms with Gasteiger partial charge in [0.15, 0.2) is 0 Å². The molecule has 4 nitrogen and oxygen atoms in total. The summed E-state index contributed by atoms with van der Waals surface area (Å²) in [5, 5.41) is 0. The Hall–Kier alpha value is -4.92. The fourth-order valence-corrected chi connectivity index (χ4v) is 7.11. The van der Waals surface area contributed by atoms with Gasteiger partial charge in [0, 0.05) is 26.8 Å². The number of fused-ring (bicyclic) bond motifs is 3. The summed E-state index contributed by atoms with van der Waals surface area (Å²) in [6.07, 6.45) is 4.08. The number of nitrogens with zero attached hydrogens (tertiary/aromatic N) is 4. The van der Waals surface area contributed by atoms with E-state index in [-0.39, 0.29) is 26.5 Å². The minimum Gasteiger partial charge on any atom is -0.510 e. The summed E-state index contributed by atoms with van der Waals surface area (Å²) >= 11 is 0. The van der Waals surface area contributed by atoms with Gasteiger partial charge in [-0.1, -0.05) is 93.2 Å². The maximum absolute atomic E-state index is 5.71. The Labute approximate surface area is 304 Å². The summed E-state index contributed by atoms with van der Waals surface area (Å²) in [4.78, 5) is 12.1. The number of rotatable bonds is 6. The summed E-state index contributed by atoms with van der Waals surface area (Å²) in [6, 6.07) is 54.7. The number of hydrogen-bond donors (Lipinski definition) is 0. The van der Waals surface area contributed by atoms with E-state index in [0.29, 0.717) is 0 Å². The molecule has 0 atom stereocenters. The van der Waals surface area contributed by atoms with Crippen LogP contribution in [-0.4, -0.2) is 16.9 Å². The van der Waals surface area contributed by atoms with Crippen LogP contribution in [-0.2, 0) is 31.9 Å².